The van der Waals surface area contributed by atoms with Crippen molar-refractivity contribution < 1.29 is 0 Å². The third-order valence-electron chi connectivity index (χ3n) is 3.73. The first-order valence-corrected chi connectivity index (χ1v) is 6.71. The summed E-state index contributed by atoms with van der Waals surface area (Å²) in [5.74, 6) is 1.70. The second-order valence-electron chi connectivity index (χ2n) is 5.51. The van der Waals surface area contributed by atoms with Crippen LogP contribution >= 0.6 is 0 Å². The van der Waals surface area contributed by atoms with E-state index in [-0.39, 0.29) is 0 Å². The Morgan fingerprint density at radius 2 is 2.33 bits per heavy atom. The van der Waals surface area contributed by atoms with Crippen LogP contribution in [0, 0.1) is 12.8 Å². The number of hydrogen-bond donors (Lipinski definition) is 0. The van der Waals surface area contributed by atoms with Crippen molar-refractivity contribution >= 4 is 5.65 Å². The van der Waals surface area contributed by atoms with Gasteiger partial charge in [0.1, 0.15) is 0 Å². The first-order valence-electron chi connectivity index (χ1n) is 6.71. The predicted molar refractivity (Wildman–Crippen MR) is 71.6 cm³/mol. The Bertz CT molecular complexity index is 546. The second kappa shape index (κ2) is 4.69. The number of fused-ring (bicyclic) bond motifs is 1. The van der Waals surface area contributed by atoms with Crippen molar-refractivity contribution in [3.05, 3.63) is 29.7 Å². The topological polar surface area (TPSA) is 33.4 Å². The third-order valence-corrected chi connectivity index (χ3v) is 3.73. The van der Waals surface area contributed by atoms with E-state index in [0.717, 1.165) is 17.9 Å². The average molecular weight is 244 g/mol. The molecule has 4 nitrogen and oxygen atoms in total. The Hall–Kier alpha value is -1.42. The van der Waals surface area contributed by atoms with E-state index in [1.165, 1.54) is 31.5 Å². The lowest BCUT2D eigenvalue weighted by Crippen LogP contribution is -2.33. The molecule has 96 valence electrons. The van der Waals surface area contributed by atoms with Crippen LogP contribution in [-0.4, -0.2) is 39.6 Å². The minimum Gasteiger partial charge on any atom is -0.306 e. The fraction of sp³-hybridized carbons (Fsp3) is 0.571. The lowest BCUT2D eigenvalue weighted by Gasteiger charge is -2.28. The van der Waals surface area contributed by atoms with Crippen LogP contribution in [0.5, 0.6) is 0 Å². The van der Waals surface area contributed by atoms with Gasteiger partial charge >= 0.3 is 0 Å². The van der Waals surface area contributed by atoms with Gasteiger partial charge in [-0.25, -0.2) is 9.50 Å². The van der Waals surface area contributed by atoms with E-state index >= 15 is 0 Å². The monoisotopic (exact) mass is 244 g/mol. The fourth-order valence-electron chi connectivity index (χ4n) is 2.81. The first kappa shape index (κ1) is 11.7. The number of pyridine rings is 1. The number of hydrogen-bond acceptors (Lipinski definition) is 3. The van der Waals surface area contributed by atoms with Crippen LogP contribution in [0.1, 0.15) is 24.2 Å². The molecule has 4 heteroatoms. The lowest BCUT2D eigenvalue weighted by molar-refractivity contribution is 0.207. The number of aryl methyl sites for hydroxylation is 1. The van der Waals surface area contributed by atoms with Gasteiger partial charge in [0.15, 0.2) is 11.5 Å². The van der Waals surface area contributed by atoms with Gasteiger partial charge < -0.3 is 4.90 Å². The van der Waals surface area contributed by atoms with E-state index in [9.17, 15) is 0 Å². The molecule has 0 amide bonds. The summed E-state index contributed by atoms with van der Waals surface area (Å²) in [5.41, 5.74) is 2.20. The fourth-order valence-corrected chi connectivity index (χ4v) is 2.81. The largest absolute Gasteiger partial charge is 0.306 e. The van der Waals surface area contributed by atoms with Crippen LogP contribution in [0.2, 0.25) is 0 Å². The van der Waals surface area contributed by atoms with Gasteiger partial charge in [0, 0.05) is 19.2 Å². The maximum absolute atomic E-state index is 4.63. The lowest BCUT2D eigenvalue weighted by atomic mass is 9.95. The molecular formula is C14H20N4. The molecule has 0 saturated carbocycles. The normalized spacial score (nSPS) is 21.6. The summed E-state index contributed by atoms with van der Waals surface area (Å²) in [5, 5.41) is 4.56. The van der Waals surface area contributed by atoms with Gasteiger partial charge in [0.2, 0.25) is 0 Å². The zero-order chi connectivity index (χ0) is 12.5. The molecule has 1 atom stereocenters. The molecule has 1 aliphatic heterocycles. The zero-order valence-corrected chi connectivity index (χ0v) is 11.1. The Kier molecular flexibility index (Phi) is 3.04. The summed E-state index contributed by atoms with van der Waals surface area (Å²) in [6.45, 7) is 4.49. The van der Waals surface area contributed by atoms with Gasteiger partial charge in [-0.1, -0.05) is 0 Å². The van der Waals surface area contributed by atoms with Gasteiger partial charge in [-0.15, -0.1) is 0 Å². The molecule has 2 aromatic heterocycles. The SMILES string of the molecule is Cc1ccn2nc(CC3CCCN(C)C3)nc2c1. The molecule has 0 spiro atoms. The molecule has 1 unspecified atom stereocenters. The number of rotatable bonds is 2. The van der Waals surface area contributed by atoms with Crippen molar-refractivity contribution in [1.82, 2.24) is 19.5 Å². The van der Waals surface area contributed by atoms with E-state index in [1.807, 2.05) is 10.7 Å². The van der Waals surface area contributed by atoms with E-state index in [1.54, 1.807) is 0 Å². The Balaban J connectivity index is 1.78. The highest BCUT2D eigenvalue weighted by molar-refractivity contribution is 5.39. The molecule has 1 aliphatic rings. The summed E-state index contributed by atoms with van der Waals surface area (Å²) in [6, 6.07) is 4.16. The number of likely N-dealkylation sites (tertiary alicyclic amines) is 1. The number of piperidine rings is 1. The average Bonchev–Trinajstić information content (AvgIpc) is 2.70. The molecule has 18 heavy (non-hydrogen) atoms. The van der Waals surface area contributed by atoms with Crippen molar-refractivity contribution in [2.24, 2.45) is 5.92 Å². The Labute approximate surface area is 108 Å². The van der Waals surface area contributed by atoms with Crippen molar-refractivity contribution in [2.75, 3.05) is 20.1 Å². The summed E-state index contributed by atoms with van der Waals surface area (Å²) >= 11 is 0. The summed E-state index contributed by atoms with van der Waals surface area (Å²) in [6.07, 6.45) is 5.60. The van der Waals surface area contributed by atoms with Crippen LogP contribution in [0.4, 0.5) is 0 Å². The molecule has 0 bridgehead atoms. The molecule has 2 aromatic rings. The molecule has 3 heterocycles. The van der Waals surface area contributed by atoms with E-state index in [0.29, 0.717) is 5.92 Å². The predicted octanol–water partition coefficient (Wildman–Crippen LogP) is 1.92. The molecule has 1 saturated heterocycles. The standard InChI is InChI=1S/C14H20N4/c1-11-5-7-18-14(8-11)15-13(16-18)9-12-4-3-6-17(2)10-12/h5,7-8,12H,3-4,6,9-10H2,1-2H3. The van der Waals surface area contributed by atoms with Crippen LogP contribution < -0.4 is 0 Å². The summed E-state index contributed by atoms with van der Waals surface area (Å²) in [4.78, 5) is 7.04. The van der Waals surface area contributed by atoms with Crippen molar-refractivity contribution in [3.63, 3.8) is 0 Å². The highest BCUT2D eigenvalue weighted by atomic mass is 15.3. The molecular weight excluding hydrogens is 224 g/mol. The van der Waals surface area contributed by atoms with Gasteiger partial charge in [-0.3, -0.25) is 0 Å². The molecule has 0 radical (unpaired) electrons. The summed E-state index contributed by atoms with van der Waals surface area (Å²) < 4.78 is 1.88. The van der Waals surface area contributed by atoms with Crippen LogP contribution in [0.3, 0.4) is 0 Å². The smallest absolute Gasteiger partial charge is 0.155 e. The first-order chi connectivity index (χ1) is 8.70. The number of nitrogens with zero attached hydrogens (tertiary/aromatic N) is 4. The zero-order valence-electron chi connectivity index (χ0n) is 11.1. The van der Waals surface area contributed by atoms with E-state index in [2.05, 4.69) is 41.1 Å². The van der Waals surface area contributed by atoms with Crippen LogP contribution in [-0.2, 0) is 6.42 Å². The van der Waals surface area contributed by atoms with Crippen molar-refractivity contribution in [3.8, 4) is 0 Å². The molecule has 0 aromatic carbocycles. The highest BCUT2D eigenvalue weighted by Crippen LogP contribution is 2.18. The third kappa shape index (κ3) is 2.38. The van der Waals surface area contributed by atoms with Crippen molar-refractivity contribution in [1.29, 1.82) is 0 Å². The van der Waals surface area contributed by atoms with Crippen LogP contribution in [0.15, 0.2) is 18.3 Å². The molecule has 0 aliphatic carbocycles. The molecule has 1 fully saturated rings. The van der Waals surface area contributed by atoms with Crippen LogP contribution in [0.25, 0.3) is 5.65 Å². The maximum atomic E-state index is 4.63. The van der Waals surface area contributed by atoms with Gasteiger partial charge in [0.25, 0.3) is 0 Å². The summed E-state index contributed by atoms with van der Waals surface area (Å²) in [7, 11) is 2.20. The van der Waals surface area contributed by atoms with Gasteiger partial charge in [-0.2, -0.15) is 5.10 Å². The number of aromatic nitrogens is 3. The van der Waals surface area contributed by atoms with Crippen molar-refractivity contribution in [2.45, 2.75) is 26.2 Å². The van der Waals surface area contributed by atoms with E-state index < -0.39 is 0 Å². The maximum Gasteiger partial charge on any atom is 0.155 e. The minimum absolute atomic E-state index is 0.710. The molecule has 3 rings (SSSR count). The quantitative estimate of drug-likeness (QED) is 0.809. The Morgan fingerprint density at radius 1 is 1.44 bits per heavy atom. The van der Waals surface area contributed by atoms with Gasteiger partial charge in [-0.05, 0) is 57.0 Å². The molecule has 0 N–H and O–H groups in total. The van der Waals surface area contributed by atoms with Gasteiger partial charge in [0.05, 0.1) is 0 Å². The van der Waals surface area contributed by atoms with E-state index in [4.69, 9.17) is 0 Å². The Morgan fingerprint density at radius 3 is 3.17 bits per heavy atom. The second-order valence-corrected chi connectivity index (χ2v) is 5.51. The minimum atomic E-state index is 0.710. The highest BCUT2D eigenvalue weighted by Gasteiger charge is 2.19.